The van der Waals surface area contributed by atoms with E-state index in [1.54, 1.807) is 0 Å². The van der Waals surface area contributed by atoms with Gasteiger partial charge in [-0.05, 0) is 38.1 Å². The first-order chi connectivity index (χ1) is 9.35. The fraction of sp³-hybridized carbons (Fsp3) is 1.00. The van der Waals surface area contributed by atoms with Crippen LogP contribution in [0.2, 0.25) is 0 Å². The highest BCUT2D eigenvalue weighted by Gasteiger charge is 2.41. The van der Waals surface area contributed by atoms with Crippen molar-refractivity contribution in [3.05, 3.63) is 0 Å². The Labute approximate surface area is 120 Å². The number of nitrogens with one attached hydrogen (secondary N) is 2. The molecule has 0 spiro atoms. The zero-order valence-electron chi connectivity index (χ0n) is 13.1. The van der Waals surface area contributed by atoms with Crippen molar-refractivity contribution in [2.45, 2.75) is 96.2 Å². The van der Waals surface area contributed by atoms with Gasteiger partial charge in [-0.15, -0.1) is 0 Å². The summed E-state index contributed by atoms with van der Waals surface area (Å²) < 4.78 is 0. The van der Waals surface area contributed by atoms with Gasteiger partial charge in [-0.25, -0.2) is 0 Å². The van der Waals surface area contributed by atoms with Crippen LogP contribution in [0.3, 0.4) is 0 Å². The van der Waals surface area contributed by atoms with Crippen molar-refractivity contribution < 1.29 is 0 Å². The van der Waals surface area contributed by atoms with E-state index < -0.39 is 0 Å². The van der Waals surface area contributed by atoms with E-state index >= 15 is 0 Å². The van der Waals surface area contributed by atoms with E-state index in [9.17, 15) is 0 Å². The second-order valence-corrected chi connectivity index (χ2v) is 6.73. The van der Waals surface area contributed by atoms with Crippen LogP contribution >= 0.6 is 0 Å². The van der Waals surface area contributed by atoms with Crippen LogP contribution in [-0.2, 0) is 0 Å². The second-order valence-electron chi connectivity index (χ2n) is 6.73. The SMILES string of the molecule is CCCCCC(CCCCC)N[C@@H]1C2CC[C@H]1NC2. The van der Waals surface area contributed by atoms with Crippen molar-refractivity contribution in [1.82, 2.24) is 10.6 Å². The minimum absolute atomic E-state index is 0.782. The standard InChI is InChI=1S/C17H34N2/c1-3-5-7-9-15(10-8-6-4-2)19-17-14-11-12-16(17)18-13-14/h14-19H,3-13H2,1-2H3/t14?,16-,17-/m1/s1. The zero-order chi connectivity index (χ0) is 13.5. The Hall–Kier alpha value is -0.0800. The van der Waals surface area contributed by atoms with Gasteiger partial charge >= 0.3 is 0 Å². The van der Waals surface area contributed by atoms with Crippen LogP contribution in [-0.4, -0.2) is 24.7 Å². The molecule has 1 unspecified atom stereocenters. The van der Waals surface area contributed by atoms with Crippen LogP contribution in [0.25, 0.3) is 0 Å². The summed E-state index contributed by atoms with van der Waals surface area (Å²) in [7, 11) is 0. The molecule has 0 radical (unpaired) electrons. The van der Waals surface area contributed by atoms with Gasteiger partial charge in [-0.3, -0.25) is 0 Å². The Bertz CT molecular complexity index is 211. The molecule has 19 heavy (non-hydrogen) atoms. The Kier molecular flexibility index (Phi) is 6.66. The van der Waals surface area contributed by atoms with E-state index in [-0.39, 0.29) is 0 Å². The summed E-state index contributed by atoms with van der Waals surface area (Å²) in [4.78, 5) is 0. The molecule has 0 aromatic rings. The summed E-state index contributed by atoms with van der Waals surface area (Å²) in [6.07, 6.45) is 14.0. The van der Waals surface area contributed by atoms with Crippen molar-refractivity contribution in [3.63, 3.8) is 0 Å². The number of unbranched alkanes of at least 4 members (excludes halogenated alkanes) is 4. The molecular formula is C17H34N2. The molecule has 1 heterocycles. The number of piperidine rings is 1. The molecule has 2 rings (SSSR count). The molecule has 2 heteroatoms. The maximum Gasteiger partial charge on any atom is 0.0264 e. The number of rotatable bonds is 10. The zero-order valence-corrected chi connectivity index (χ0v) is 13.1. The molecule has 2 fully saturated rings. The Balaban J connectivity index is 1.75. The lowest BCUT2D eigenvalue weighted by Gasteiger charge is -2.25. The van der Waals surface area contributed by atoms with Gasteiger partial charge in [0.1, 0.15) is 0 Å². The fourth-order valence-electron chi connectivity index (χ4n) is 3.96. The Morgan fingerprint density at radius 1 is 1.00 bits per heavy atom. The molecule has 1 aliphatic carbocycles. The van der Waals surface area contributed by atoms with E-state index in [0.29, 0.717) is 0 Å². The van der Waals surface area contributed by atoms with Gasteiger partial charge in [0.2, 0.25) is 0 Å². The van der Waals surface area contributed by atoms with E-state index in [4.69, 9.17) is 0 Å². The summed E-state index contributed by atoms with van der Waals surface area (Å²) in [5, 5.41) is 7.72. The summed E-state index contributed by atoms with van der Waals surface area (Å²) >= 11 is 0. The third-order valence-electron chi connectivity index (χ3n) is 5.17. The Morgan fingerprint density at radius 3 is 2.11 bits per heavy atom. The predicted octanol–water partition coefficient (Wildman–Crippen LogP) is 3.86. The monoisotopic (exact) mass is 266 g/mol. The smallest absolute Gasteiger partial charge is 0.0264 e. The molecule has 1 aliphatic heterocycles. The molecular weight excluding hydrogens is 232 g/mol. The van der Waals surface area contributed by atoms with Crippen molar-refractivity contribution in [3.8, 4) is 0 Å². The summed E-state index contributed by atoms with van der Waals surface area (Å²) in [6, 6.07) is 2.35. The molecule has 2 bridgehead atoms. The molecule has 0 aromatic carbocycles. The van der Waals surface area contributed by atoms with Gasteiger partial charge in [-0.1, -0.05) is 52.4 Å². The lowest BCUT2D eigenvalue weighted by Crippen LogP contribution is -2.44. The molecule has 2 aliphatic rings. The van der Waals surface area contributed by atoms with Gasteiger partial charge < -0.3 is 10.6 Å². The maximum absolute atomic E-state index is 4.03. The molecule has 112 valence electrons. The lowest BCUT2D eigenvalue weighted by molar-refractivity contribution is 0.344. The molecule has 2 nitrogen and oxygen atoms in total. The predicted molar refractivity (Wildman–Crippen MR) is 83.5 cm³/mol. The first kappa shape index (κ1) is 15.3. The minimum Gasteiger partial charge on any atom is -0.312 e. The molecule has 2 N–H and O–H groups in total. The molecule has 1 saturated heterocycles. The van der Waals surface area contributed by atoms with Crippen molar-refractivity contribution in [2.24, 2.45) is 5.92 Å². The van der Waals surface area contributed by atoms with Crippen molar-refractivity contribution in [2.75, 3.05) is 6.54 Å². The lowest BCUT2D eigenvalue weighted by atomic mass is 9.98. The first-order valence-electron chi connectivity index (χ1n) is 8.84. The number of fused-ring (bicyclic) bond motifs is 2. The molecule has 3 atom stereocenters. The fourth-order valence-corrected chi connectivity index (χ4v) is 3.96. The highest BCUT2D eigenvalue weighted by atomic mass is 15.1. The second kappa shape index (κ2) is 8.26. The largest absolute Gasteiger partial charge is 0.312 e. The average Bonchev–Trinajstić information content (AvgIpc) is 2.98. The highest BCUT2D eigenvalue weighted by Crippen LogP contribution is 2.32. The van der Waals surface area contributed by atoms with E-state index in [1.165, 1.54) is 70.8 Å². The van der Waals surface area contributed by atoms with Crippen LogP contribution in [0.1, 0.15) is 78.1 Å². The van der Waals surface area contributed by atoms with Crippen LogP contribution in [0.5, 0.6) is 0 Å². The van der Waals surface area contributed by atoms with Gasteiger partial charge in [-0.2, -0.15) is 0 Å². The third kappa shape index (κ3) is 4.46. The van der Waals surface area contributed by atoms with Crippen molar-refractivity contribution >= 4 is 0 Å². The molecule has 0 aromatic heterocycles. The van der Waals surface area contributed by atoms with Gasteiger partial charge in [0, 0.05) is 18.1 Å². The van der Waals surface area contributed by atoms with Crippen LogP contribution in [0, 0.1) is 5.92 Å². The normalized spacial score (nSPS) is 29.5. The summed E-state index contributed by atoms with van der Waals surface area (Å²) in [5.41, 5.74) is 0. The third-order valence-corrected chi connectivity index (χ3v) is 5.17. The number of hydrogen-bond donors (Lipinski definition) is 2. The summed E-state index contributed by atoms with van der Waals surface area (Å²) in [6.45, 7) is 5.88. The average molecular weight is 266 g/mol. The van der Waals surface area contributed by atoms with E-state index in [1.807, 2.05) is 0 Å². The van der Waals surface area contributed by atoms with Crippen LogP contribution in [0.4, 0.5) is 0 Å². The minimum atomic E-state index is 0.782. The molecule has 1 saturated carbocycles. The van der Waals surface area contributed by atoms with E-state index in [0.717, 1.165) is 24.0 Å². The summed E-state index contributed by atoms with van der Waals surface area (Å²) in [5.74, 6) is 0.921. The maximum atomic E-state index is 4.03. The van der Waals surface area contributed by atoms with Crippen LogP contribution < -0.4 is 10.6 Å². The molecule has 0 amide bonds. The number of hydrogen-bond acceptors (Lipinski definition) is 2. The van der Waals surface area contributed by atoms with Gasteiger partial charge in [0.15, 0.2) is 0 Å². The van der Waals surface area contributed by atoms with Crippen molar-refractivity contribution in [1.29, 1.82) is 0 Å². The van der Waals surface area contributed by atoms with Crippen LogP contribution in [0.15, 0.2) is 0 Å². The van der Waals surface area contributed by atoms with Gasteiger partial charge in [0.25, 0.3) is 0 Å². The van der Waals surface area contributed by atoms with E-state index in [2.05, 4.69) is 24.5 Å². The van der Waals surface area contributed by atoms with Gasteiger partial charge in [0.05, 0.1) is 0 Å². The Morgan fingerprint density at radius 2 is 1.68 bits per heavy atom. The first-order valence-corrected chi connectivity index (χ1v) is 8.84. The highest BCUT2D eigenvalue weighted by molar-refractivity contribution is 5.02. The quantitative estimate of drug-likeness (QED) is 0.587. The topological polar surface area (TPSA) is 24.1 Å².